The second-order valence-electron chi connectivity index (χ2n) is 5.42. The molecule has 0 radical (unpaired) electrons. The Morgan fingerprint density at radius 1 is 1.15 bits per heavy atom. The van der Waals surface area contributed by atoms with E-state index in [4.69, 9.17) is 0 Å². The Labute approximate surface area is 121 Å². The normalized spacial score (nSPS) is 13.9. The fourth-order valence-electron chi connectivity index (χ4n) is 3.04. The van der Waals surface area contributed by atoms with E-state index in [1.165, 1.54) is 28.1 Å². The Kier molecular flexibility index (Phi) is 3.75. The standard InChI is InChI=1S/C18H22N2/c1-3-20(16-8-4-6-14(2)12-16)18-9-5-7-15-10-11-19-13-17(15)18/h4-9,12,19H,3,10-11,13H2,1-2H3. The fourth-order valence-corrected chi connectivity index (χ4v) is 3.04. The Morgan fingerprint density at radius 3 is 2.80 bits per heavy atom. The third kappa shape index (κ3) is 2.44. The van der Waals surface area contributed by atoms with E-state index >= 15 is 0 Å². The number of hydrogen-bond acceptors (Lipinski definition) is 2. The summed E-state index contributed by atoms with van der Waals surface area (Å²) in [6.07, 6.45) is 1.13. The zero-order valence-electron chi connectivity index (χ0n) is 12.3. The largest absolute Gasteiger partial charge is 0.341 e. The van der Waals surface area contributed by atoms with Gasteiger partial charge in [-0.25, -0.2) is 0 Å². The highest BCUT2D eigenvalue weighted by Gasteiger charge is 2.17. The van der Waals surface area contributed by atoms with Gasteiger partial charge in [-0.3, -0.25) is 0 Å². The van der Waals surface area contributed by atoms with Gasteiger partial charge in [-0.05, 0) is 61.7 Å². The molecule has 1 N–H and O–H groups in total. The summed E-state index contributed by atoms with van der Waals surface area (Å²) in [6, 6.07) is 15.5. The molecule has 0 saturated carbocycles. The van der Waals surface area contributed by atoms with Crippen LogP contribution < -0.4 is 10.2 Å². The van der Waals surface area contributed by atoms with Gasteiger partial charge >= 0.3 is 0 Å². The highest BCUT2D eigenvalue weighted by molar-refractivity contribution is 5.68. The average Bonchev–Trinajstić information content (AvgIpc) is 2.48. The van der Waals surface area contributed by atoms with Crippen molar-refractivity contribution in [3.05, 3.63) is 59.2 Å². The molecule has 1 aliphatic heterocycles. The van der Waals surface area contributed by atoms with Crippen molar-refractivity contribution in [2.75, 3.05) is 18.0 Å². The maximum Gasteiger partial charge on any atom is 0.0459 e. The van der Waals surface area contributed by atoms with E-state index in [-0.39, 0.29) is 0 Å². The molecular weight excluding hydrogens is 244 g/mol. The van der Waals surface area contributed by atoms with Gasteiger partial charge in [0, 0.05) is 24.5 Å². The molecule has 104 valence electrons. The number of aryl methyl sites for hydroxylation is 1. The molecular formula is C18H22N2. The molecule has 1 aliphatic rings. The van der Waals surface area contributed by atoms with Crippen molar-refractivity contribution in [3.63, 3.8) is 0 Å². The molecule has 0 fully saturated rings. The quantitative estimate of drug-likeness (QED) is 0.909. The van der Waals surface area contributed by atoms with Crippen LogP contribution in [0.15, 0.2) is 42.5 Å². The van der Waals surface area contributed by atoms with Crippen molar-refractivity contribution in [1.29, 1.82) is 0 Å². The van der Waals surface area contributed by atoms with Gasteiger partial charge in [0.15, 0.2) is 0 Å². The van der Waals surface area contributed by atoms with Crippen LogP contribution in [-0.2, 0) is 13.0 Å². The van der Waals surface area contributed by atoms with Crippen LogP contribution in [0.25, 0.3) is 0 Å². The minimum absolute atomic E-state index is 0.980. The average molecular weight is 266 g/mol. The monoisotopic (exact) mass is 266 g/mol. The van der Waals surface area contributed by atoms with Crippen molar-refractivity contribution >= 4 is 11.4 Å². The van der Waals surface area contributed by atoms with Crippen molar-refractivity contribution in [3.8, 4) is 0 Å². The van der Waals surface area contributed by atoms with Crippen molar-refractivity contribution in [2.24, 2.45) is 0 Å². The molecule has 0 saturated heterocycles. The third-order valence-electron chi connectivity index (χ3n) is 4.04. The van der Waals surface area contributed by atoms with Crippen LogP contribution >= 0.6 is 0 Å². The highest BCUT2D eigenvalue weighted by Crippen LogP contribution is 2.32. The van der Waals surface area contributed by atoms with E-state index in [2.05, 4.69) is 66.5 Å². The van der Waals surface area contributed by atoms with Crippen LogP contribution in [0.5, 0.6) is 0 Å². The first kappa shape index (κ1) is 13.2. The van der Waals surface area contributed by atoms with E-state index in [9.17, 15) is 0 Å². The molecule has 2 aromatic rings. The number of benzene rings is 2. The lowest BCUT2D eigenvalue weighted by atomic mass is 9.98. The van der Waals surface area contributed by atoms with Crippen LogP contribution in [0, 0.1) is 6.92 Å². The predicted octanol–water partition coefficient (Wildman–Crippen LogP) is 3.80. The Morgan fingerprint density at radius 2 is 2.00 bits per heavy atom. The van der Waals surface area contributed by atoms with Gasteiger partial charge in [-0.2, -0.15) is 0 Å². The maximum absolute atomic E-state index is 3.50. The van der Waals surface area contributed by atoms with E-state index in [1.54, 1.807) is 0 Å². The van der Waals surface area contributed by atoms with E-state index < -0.39 is 0 Å². The number of nitrogens with one attached hydrogen (secondary N) is 1. The van der Waals surface area contributed by atoms with Crippen molar-refractivity contribution in [2.45, 2.75) is 26.8 Å². The molecule has 0 aliphatic carbocycles. The van der Waals surface area contributed by atoms with E-state index in [0.717, 1.165) is 26.1 Å². The zero-order valence-corrected chi connectivity index (χ0v) is 12.3. The molecule has 0 aromatic heterocycles. The summed E-state index contributed by atoms with van der Waals surface area (Å²) in [5, 5.41) is 3.50. The van der Waals surface area contributed by atoms with Gasteiger partial charge < -0.3 is 10.2 Å². The van der Waals surface area contributed by atoms with Gasteiger partial charge in [-0.1, -0.05) is 24.3 Å². The summed E-state index contributed by atoms with van der Waals surface area (Å²) < 4.78 is 0. The van der Waals surface area contributed by atoms with Crippen LogP contribution in [0.3, 0.4) is 0 Å². The zero-order chi connectivity index (χ0) is 13.9. The Hall–Kier alpha value is -1.80. The van der Waals surface area contributed by atoms with Gasteiger partial charge in [0.25, 0.3) is 0 Å². The summed E-state index contributed by atoms with van der Waals surface area (Å²) in [4.78, 5) is 2.42. The molecule has 2 aromatic carbocycles. The Bertz CT molecular complexity index is 604. The van der Waals surface area contributed by atoms with Gasteiger partial charge in [0.2, 0.25) is 0 Å². The van der Waals surface area contributed by atoms with Crippen molar-refractivity contribution in [1.82, 2.24) is 5.32 Å². The molecule has 20 heavy (non-hydrogen) atoms. The third-order valence-corrected chi connectivity index (χ3v) is 4.04. The lowest BCUT2D eigenvalue weighted by Crippen LogP contribution is -2.27. The SMILES string of the molecule is CCN(c1cccc(C)c1)c1cccc2c1CNCC2. The molecule has 2 heteroatoms. The summed E-state index contributed by atoms with van der Waals surface area (Å²) in [6.45, 7) is 7.43. The fraction of sp³-hybridized carbons (Fsp3) is 0.333. The summed E-state index contributed by atoms with van der Waals surface area (Å²) in [7, 11) is 0. The van der Waals surface area contributed by atoms with Gasteiger partial charge in [0.1, 0.15) is 0 Å². The molecule has 0 atom stereocenters. The van der Waals surface area contributed by atoms with Crippen LogP contribution in [-0.4, -0.2) is 13.1 Å². The number of hydrogen-bond donors (Lipinski definition) is 1. The maximum atomic E-state index is 3.50. The topological polar surface area (TPSA) is 15.3 Å². The minimum Gasteiger partial charge on any atom is -0.341 e. The van der Waals surface area contributed by atoms with E-state index in [0.29, 0.717) is 0 Å². The van der Waals surface area contributed by atoms with Crippen molar-refractivity contribution < 1.29 is 0 Å². The first-order chi connectivity index (χ1) is 9.79. The lowest BCUT2D eigenvalue weighted by Gasteiger charge is -2.29. The molecule has 1 heterocycles. The predicted molar refractivity (Wildman–Crippen MR) is 85.7 cm³/mol. The number of fused-ring (bicyclic) bond motifs is 1. The van der Waals surface area contributed by atoms with Crippen LogP contribution in [0.2, 0.25) is 0 Å². The molecule has 0 unspecified atom stereocenters. The smallest absolute Gasteiger partial charge is 0.0459 e. The molecule has 2 nitrogen and oxygen atoms in total. The lowest BCUT2D eigenvalue weighted by molar-refractivity contribution is 0.643. The number of anilines is 2. The molecule has 0 bridgehead atoms. The summed E-state index contributed by atoms with van der Waals surface area (Å²) >= 11 is 0. The van der Waals surface area contributed by atoms with Crippen LogP contribution in [0.4, 0.5) is 11.4 Å². The van der Waals surface area contributed by atoms with Gasteiger partial charge in [0.05, 0.1) is 0 Å². The molecule has 0 amide bonds. The number of rotatable bonds is 3. The van der Waals surface area contributed by atoms with Gasteiger partial charge in [-0.15, -0.1) is 0 Å². The van der Waals surface area contributed by atoms with Crippen LogP contribution in [0.1, 0.15) is 23.6 Å². The highest BCUT2D eigenvalue weighted by atomic mass is 15.1. The Balaban J connectivity index is 2.06. The summed E-state index contributed by atoms with van der Waals surface area (Å²) in [5.74, 6) is 0. The molecule has 3 rings (SSSR count). The number of nitrogens with zero attached hydrogens (tertiary/aromatic N) is 1. The summed E-state index contributed by atoms with van der Waals surface area (Å²) in [5.41, 5.74) is 6.90. The first-order valence-electron chi connectivity index (χ1n) is 7.45. The minimum atomic E-state index is 0.980. The second-order valence-corrected chi connectivity index (χ2v) is 5.42. The first-order valence-corrected chi connectivity index (χ1v) is 7.45. The molecule has 0 spiro atoms. The second kappa shape index (κ2) is 5.68. The van der Waals surface area contributed by atoms with E-state index in [1.807, 2.05) is 0 Å².